The number of urea groups is 1. The lowest BCUT2D eigenvalue weighted by molar-refractivity contribution is 0.130. The number of rotatable bonds is 2. The van der Waals surface area contributed by atoms with E-state index >= 15 is 0 Å². The number of carbonyl (C=O) groups is 1. The first-order chi connectivity index (χ1) is 12.5. The van der Waals surface area contributed by atoms with Crippen molar-refractivity contribution in [3.63, 3.8) is 0 Å². The van der Waals surface area contributed by atoms with Crippen molar-refractivity contribution in [3.8, 4) is 11.1 Å². The first kappa shape index (κ1) is 16.8. The molecule has 2 aliphatic rings. The molecule has 2 aliphatic heterocycles. The van der Waals surface area contributed by atoms with Crippen LogP contribution in [0, 0.1) is 5.92 Å². The van der Waals surface area contributed by atoms with E-state index in [4.69, 9.17) is 0 Å². The molecule has 4 rings (SSSR count). The average molecular weight is 352 g/mol. The van der Waals surface area contributed by atoms with Crippen LogP contribution in [0.15, 0.2) is 41.5 Å². The molecule has 2 aromatic heterocycles. The maximum Gasteiger partial charge on any atom is 0.317 e. The van der Waals surface area contributed by atoms with Crippen LogP contribution in [-0.2, 0) is 6.54 Å². The predicted octanol–water partition coefficient (Wildman–Crippen LogP) is 2.45. The Balaban J connectivity index is 1.73. The van der Waals surface area contributed by atoms with Gasteiger partial charge in [0.1, 0.15) is 0 Å². The molecule has 4 heterocycles. The minimum Gasteiger partial charge on any atom is -0.336 e. The molecule has 1 fully saturated rings. The van der Waals surface area contributed by atoms with Gasteiger partial charge in [0.2, 0.25) is 0 Å². The van der Waals surface area contributed by atoms with E-state index in [1.807, 2.05) is 47.7 Å². The molecule has 1 N–H and O–H groups in total. The highest BCUT2D eigenvalue weighted by atomic mass is 16.2. The Hall–Kier alpha value is -2.63. The number of nitrogens with one attached hydrogen (secondary N) is 1. The lowest BCUT2D eigenvalue weighted by atomic mass is 9.81. The quantitative estimate of drug-likeness (QED) is 0.903. The number of piperidine rings is 1. The molecule has 2 unspecified atom stereocenters. The Bertz CT molecular complexity index is 875. The molecule has 1 saturated heterocycles. The molecule has 2 atom stereocenters. The van der Waals surface area contributed by atoms with Gasteiger partial charge in [-0.1, -0.05) is 6.07 Å². The second-order valence-electron chi connectivity index (χ2n) is 7.63. The van der Waals surface area contributed by atoms with Crippen LogP contribution in [0.4, 0.5) is 4.79 Å². The van der Waals surface area contributed by atoms with Gasteiger partial charge in [0, 0.05) is 66.9 Å². The topological polar surface area (TPSA) is 67.2 Å². The standard InChI is InChI=1S/C20H24N4O2/c1-13(2)22-20(26)23-10-14-8-16(12-23)19-17(15-4-3-7-21-9-15)5-6-18(25)24(19)11-14/h3-7,9,13-14,16H,8,10-12H2,1-2H3,(H,22,26). The maximum absolute atomic E-state index is 12.5. The summed E-state index contributed by atoms with van der Waals surface area (Å²) >= 11 is 0. The third-order valence-corrected chi connectivity index (χ3v) is 5.26. The molecule has 2 bridgehead atoms. The van der Waals surface area contributed by atoms with E-state index in [2.05, 4.69) is 10.3 Å². The summed E-state index contributed by atoms with van der Waals surface area (Å²) in [4.78, 5) is 31.1. The van der Waals surface area contributed by atoms with Gasteiger partial charge in [-0.15, -0.1) is 0 Å². The van der Waals surface area contributed by atoms with Crippen LogP contribution < -0.4 is 10.9 Å². The molecule has 2 amide bonds. The van der Waals surface area contributed by atoms with Gasteiger partial charge in [-0.25, -0.2) is 4.79 Å². The minimum absolute atomic E-state index is 0.00986. The number of nitrogens with zero attached hydrogens (tertiary/aromatic N) is 3. The van der Waals surface area contributed by atoms with Crippen LogP contribution in [-0.4, -0.2) is 39.6 Å². The number of fused-ring (bicyclic) bond motifs is 4. The molecular formula is C20H24N4O2. The second-order valence-corrected chi connectivity index (χ2v) is 7.63. The number of likely N-dealkylation sites (tertiary alicyclic amines) is 1. The van der Waals surface area contributed by atoms with Crippen molar-refractivity contribution in [2.24, 2.45) is 5.92 Å². The van der Waals surface area contributed by atoms with Crippen LogP contribution in [0.3, 0.4) is 0 Å². The summed E-state index contributed by atoms with van der Waals surface area (Å²) in [6, 6.07) is 7.59. The van der Waals surface area contributed by atoms with Crippen LogP contribution in [0.5, 0.6) is 0 Å². The van der Waals surface area contributed by atoms with Crippen molar-refractivity contribution in [3.05, 3.63) is 52.7 Å². The monoisotopic (exact) mass is 352 g/mol. The number of hydrogen-bond acceptors (Lipinski definition) is 3. The Morgan fingerprint density at radius 3 is 2.81 bits per heavy atom. The van der Waals surface area contributed by atoms with Gasteiger partial charge in [0.15, 0.2) is 0 Å². The molecule has 6 heteroatoms. The van der Waals surface area contributed by atoms with Crippen LogP contribution >= 0.6 is 0 Å². The highest BCUT2D eigenvalue weighted by molar-refractivity contribution is 5.75. The van der Waals surface area contributed by atoms with Gasteiger partial charge in [-0.05, 0) is 38.3 Å². The molecular weight excluding hydrogens is 328 g/mol. The maximum atomic E-state index is 12.5. The van der Waals surface area contributed by atoms with Gasteiger partial charge in [0.05, 0.1) is 0 Å². The summed E-state index contributed by atoms with van der Waals surface area (Å²) in [7, 11) is 0. The van der Waals surface area contributed by atoms with Gasteiger partial charge >= 0.3 is 6.03 Å². The largest absolute Gasteiger partial charge is 0.336 e. The number of pyridine rings is 2. The first-order valence-corrected chi connectivity index (χ1v) is 9.22. The number of amides is 2. The predicted molar refractivity (Wildman–Crippen MR) is 100 cm³/mol. The van der Waals surface area contributed by atoms with Gasteiger partial charge < -0.3 is 14.8 Å². The zero-order chi connectivity index (χ0) is 18.3. The van der Waals surface area contributed by atoms with Crippen LogP contribution in [0.25, 0.3) is 11.1 Å². The zero-order valence-corrected chi connectivity index (χ0v) is 15.2. The normalized spacial score (nSPS) is 21.4. The molecule has 136 valence electrons. The summed E-state index contributed by atoms with van der Waals surface area (Å²) in [6.45, 7) is 5.96. The minimum atomic E-state index is -0.00986. The van der Waals surface area contributed by atoms with E-state index in [1.165, 1.54) is 0 Å². The SMILES string of the molecule is CC(C)NC(=O)N1CC2CC(C1)c1c(-c3cccnc3)ccc(=O)n1C2. The number of carbonyl (C=O) groups excluding carboxylic acids is 1. The van der Waals surface area contributed by atoms with Crippen LogP contribution in [0.2, 0.25) is 0 Å². The average Bonchev–Trinajstić information content (AvgIpc) is 2.62. The number of aromatic nitrogens is 2. The van der Waals surface area contributed by atoms with E-state index in [0.717, 1.165) is 23.2 Å². The molecule has 0 spiro atoms. The van der Waals surface area contributed by atoms with Crippen molar-refractivity contribution in [1.29, 1.82) is 0 Å². The van der Waals surface area contributed by atoms with Crippen molar-refractivity contribution in [1.82, 2.24) is 19.8 Å². The Morgan fingerprint density at radius 2 is 2.08 bits per heavy atom. The fourth-order valence-electron chi connectivity index (χ4n) is 4.29. The summed E-state index contributed by atoms with van der Waals surface area (Å²) in [6.07, 6.45) is 4.60. The zero-order valence-electron chi connectivity index (χ0n) is 15.2. The lowest BCUT2D eigenvalue weighted by Crippen LogP contribution is -2.53. The Labute approximate surface area is 152 Å². The first-order valence-electron chi connectivity index (χ1n) is 9.22. The van der Waals surface area contributed by atoms with Gasteiger partial charge in [0.25, 0.3) is 5.56 Å². The molecule has 26 heavy (non-hydrogen) atoms. The number of hydrogen-bond donors (Lipinski definition) is 1. The highest BCUT2D eigenvalue weighted by Crippen LogP contribution is 2.39. The highest BCUT2D eigenvalue weighted by Gasteiger charge is 2.37. The van der Waals surface area contributed by atoms with E-state index in [1.54, 1.807) is 12.3 Å². The molecule has 0 saturated carbocycles. The second kappa shape index (κ2) is 6.59. The summed E-state index contributed by atoms with van der Waals surface area (Å²) in [5.74, 6) is 0.491. The summed E-state index contributed by atoms with van der Waals surface area (Å²) in [5, 5.41) is 2.99. The van der Waals surface area contributed by atoms with E-state index in [0.29, 0.717) is 25.6 Å². The molecule has 0 aromatic carbocycles. The Kier molecular flexibility index (Phi) is 4.26. The molecule has 0 aliphatic carbocycles. The fourth-order valence-corrected chi connectivity index (χ4v) is 4.29. The van der Waals surface area contributed by atoms with E-state index in [9.17, 15) is 9.59 Å². The van der Waals surface area contributed by atoms with Crippen molar-refractivity contribution < 1.29 is 4.79 Å². The van der Waals surface area contributed by atoms with Crippen molar-refractivity contribution >= 4 is 6.03 Å². The molecule has 2 aromatic rings. The van der Waals surface area contributed by atoms with Crippen LogP contribution in [0.1, 0.15) is 31.9 Å². The lowest BCUT2D eigenvalue weighted by Gasteiger charge is -2.43. The van der Waals surface area contributed by atoms with E-state index in [-0.39, 0.29) is 23.6 Å². The summed E-state index contributed by atoms with van der Waals surface area (Å²) in [5.41, 5.74) is 3.15. The third-order valence-electron chi connectivity index (χ3n) is 5.26. The smallest absolute Gasteiger partial charge is 0.317 e. The summed E-state index contributed by atoms with van der Waals surface area (Å²) < 4.78 is 1.92. The van der Waals surface area contributed by atoms with E-state index < -0.39 is 0 Å². The van der Waals surface area contributed by atoms with Gasteiger partial charge in [-0.2, -0.15) is 0 Å². The third kappa shape index (κ3) is 3.00. The van der Waals surface area contributed by atoms with Crippen molar-refractivity contribution in [2.45, 2.75) is 38.8 Å². The van der Waals surface area contributed by atoms with Crippen molar-refractivity contribution in [2.75, 3.05) is 13.1 Å². The Morgan fingerprint density at radius 1 is 1.23 bits per heavy atom. The molecule has 6 nitrogen and oxygen atoms in total. The fraction of sp³-hybridized carbons (Fsp3) is 0.450. The van der Waals surface area contributed by atoms with Gasteiger partial charge in [-0.3, -0.25) is 9.78 Å². The molecule has 0 radical (unpaired) electrons.